The van der Waals surface area contributed by atoms with Crippen LogP contribution in [0.15, 0.2) is 48.9 Å². The first-order valence-electron chi connectivity index (χ1n) is 11.1. The topological polar surface area (TPSA) is 109 Å². The number of carbonyl (C=O) groups excluding carboxylic acids is 1. The van der Waals surface area contributed by atoms with Gasteiger partial charge in [0.25, 0.3) is 5.91 Å². The van der Waals surface area contributed by atoms with Gasteiger partial charge < -0.3 is 15.0 Å². The fraction of sp³-hybridized carbons (Fsp3) is 0.292. The summed E-state index contributed by atoms with van der Waals surface area (Å²) in [6.45, 7) is 0.803. The first-order chi connectivity index (χ1) is 17.2. The number of likely N-dealkylation sites (N-methyl/N-ethyl adjacent to an activating group) is 1. The van der Waals surface area contributed by atoms with Gasteiger partial charge in [0.2, 0.25) is 0 Å². The molecule has 9 nitrogen and oxygen atoms in total. The highest BCUT2D eigenvalue weighted by Crippen LogP contribution is 2.38. The Labute approximate surface area is 203 Å². The Kier molecular flexibility index (Phi) is 6.04. The number of nitrogens with one attached hydrogen (secondary N) is 2. The van der Waals surface area contributed by atoms with Gasteiger partial charge in [0.15, 0.2) is 5.65 Å². The molecule has 1 aromatic carbocycles. The number of alkyl halides is 3. The zero-order valence-electron chi connectivity index (χ0n) is 19.4. The lowest BCUT2D eigenvalue weighted by Gasteiger charge is -2.23. The molecule has 0 bridgehead atoms. The van der Waals surface area contributed by atoms with Crippen LogP contribution in [0.3, 0.4) is 0 Å². The molecule has 36 heavy (non-hydrogen) atoms. The van der Waals surface area contributed by atoms with E-state index in [-0.39, 0.29) is 17.1 Å². The molecule has 186 valence electrons. The molecule has 0 aliphatic carbocycles. The van der Waals surface area contributed by atoms with Gasteiger partial charge in [-0.1, -0.05) is 18.2 Å². The normalized spacial score (nSPS) is 18.5. The molecule has 0 spiro atoms. The number of benzene rings is 1. The van der Waals surface area contributed by atoms with Crippen LogP contribution in [-0.4, -0.2) is 69.2 Å². The van der Waals surface area contributed by atoms with Crippen molar-refractivity contribution in [1.82, 2.24) is 35.4 Å². The molecule has 0 saturated carbocycles. The fourth-order valence-electron chi connectivity index (χ4n) is 4.59. The Bertz CT molecular complexity index is 1410. The zero-order valence-corrected chi connectivity index (χ0v) is 19.4. The van der Waals surface area contributed by atoms with Crippen LogP contribution in [-0.2, 0) is 6.18 Å². The van der Waals surface area contributed by atoms with E-state index in [0.717, 1.165) is 6.07 Å². The number of nitrogens with zero attached hydrogens (tertiary/aromatic N) is 5. The molecule has 4 aromatic rings. The summed E-state index contributed by atoms with van der Waals surface area (Å²) in [5.41, 5.74) is 1.35. The predicted molar refractivity (Wildman–Crippen MR) is 124 cm³/mol. The largest absolute Gasteiger partial charge is 0.467 e. The van der Waals surface area contributed by atoms with E-state index < -0.39 is 29.6 Å². The molecule has 2 N–H and O–H groups in total. The third-order valence-electron chi connectivity index (χ3n) is 6.26. The van der Waals surface area contributed by atoms with Crippen LogP contribution in [0.2, 0.25) is 0 Å². The van der Waals surface area contributed by atoms with Crippen molar-refractivity contribution in [1.29, 1.82) is 0 Å². The van der Waals surface area contributed by atoms with Crippen molar-refractivity contribution in [3.8, 4) is 17.3 Å². The molecule has 0 radical (unpaired) electrons. The summed E-state index contributed by atoms with van der Waals surface area (Å²) in [6.07, 6.45) is 0.0272. The van der Waals surface area contributed by atoms with E-state index in [9.17, 15) is 18.0 Å². The quantitative estimate of drug-likeness (QED) is 0.436. The van der Waals surface area contributed by atoms with Crippen molar-refractivity contribution in [2.24, 2.45) is 0 Å². The van der Waals surface area contributed by atoms with Gasteiger partial charge in [-0.3, -0.25) is 9.89 Å². The number of pyridine rings is 1. The van der Waals surface area contributed by atoms with Gasteiger partial charge >= 0.3 is 12.2 Å². The third-order valence-corrected chi connectivity index (χ3v) is 6.26. The number of carbonyl (C=O) groups is 1. The molecule has 2 atom stereocenters. The van der Waals surface area contributed by atoms with Gasteiger partial charge in [-0.15, -0.1) is 0 Å². The van der Waals surface area contributed by atoms with Gasteiger partial charge in [-0.2, -0.15) is 18.3 Å². The van der Waals surface area contributed by atoms with Crippen LogP contribution in [0.4, 0.5) is 13.2 Å². The lowest BCUT2D eigenvalue weighted by atomic mass is 9.90. The summed E-state index contributed by atoms with van der Waals surface area (Å²) in [5, 5.41) is 10.6. The summed E-state index contributed by atoms with van der Waals surface area (Å²) in [5.74, 6) is -0.952. The number of fused-ring (bicyclic) bond motifs is 1. The third kappa shape index (κ3) is 4.47. The van der Waals surface area contributed by atoms with Crippen LogP contribution in [0.25, 0.3) is 22.3 Å². The summed E-state index contributed by atoms with van der Waals surface area (Å²) in [7, 11) is 3.28. The number of hydrogen-bond donors (Lipinski definition) is 2. The lowest BCUT2D eigenvalue weighted by molar-refractivity contribution is -0.138. The number of hydrogen-bond acceptors (Lipinski definition) is 7. The zero-order chi connectivity index (χ0) is 25.4. The van der Waals surface area contributed by atoms with Crippen LogP contribution in [0, 0.1) is 0 Å². The number of methoxy groups -OCH3 is 1. The van der Waals surface area contributed by atoms with Gasteiger partial charge in [-0.05, 0) is 24.7 Å². The minimum absolute atomic E-state index is 0.171. The number of aromatic amines is 1. The molecule has 1 fully saturated rings. The van der Waals surface area contributed by atoms with Gasteiger partial charge in [0, 0.05) is 54.6 Å². The van der Waals surface area contributed by atoms with Crippen LogP contribution < -0.4 is 10.1 Å². The van der Waals surface area contributed by atoms with E-state index in [1.54, 1.807) is 24.5 Å². The molecule has 1 aliphatic rings. The standard InChI is InChI=1S/C24H22F3N7O2/c1-34-11-17(15-5-3-4-6-18(15)24(25,26)27)19(12-34)31-22(35)13-7-16-20(32-33-21(16)28-8-13)14-9-29-23(36-2)30-10-14/h3-10,17,19H,11-12H2,1-2H3,(H,31,35)(H,28,32,33)/t17-,19-/m0/s1. The lowest BCUT2D eigenvalue weighted by Crippen LogP contribution is -2.40. The monoisotopic (exact) mass is 497 g/mol. The maximum absolute atomic E-state index is 13.7. The molecule has 1 amide bonds. The predicted octanol–water partition coefficient (Wildman–Crippen LogP) is 3.27. The summed E-state index contributed by atoms with van der Waals surface area (Å²) in [4.78, 5) is 27.5. The molecule has 5 rings (SSSR count). The highest BCUT2D eigenvalue weighted by atomic mass is 19.4. The Morgan fingerprint density at radius 1 is 1.14 bits per heavy atom. The van der Waals surface area contributed by atoms with E-state index in [1.807, 2.05) is 11.9 Å². The Balaban J connectivity index is 1.43. The SMILES string of the molecule is COc1ncc(-c2[nH]nc3ncc(C(=O)N[C@H]4CN(C)C[C@H]4c4ccccc4C(F)(F)F)cc23)cn1. The number of rotatable bonds is 5. The second kappa shape index (κ2) is 9.19. The maximum atomic E-state index is 13.7. The maximum Gasteiger partial charge on any atom is 0.416 e. The average molecular weight is 497 g/mol. The molecule has 0 unspecified atom stereocenters. The first kappa shape index (κ1) is 23.7. The minimum Gasteiger partial charge on any atom is -0.467 e. The number of likely N-dealkylation sites (tertiary alicyclic amines) is 1. The molecule has 1 saturated heterocycles. The summed E-state index contributed by atoms with van der Waals surface area (Å²) >= 11 is 0. The molecule has 4 heterocycles. The van der Waals surface area contributed by atoms with Gasteiger partial charge in [0.1, 0.15) is 0 Å². The average Bonchev–Trinajstić information content (AvgIpc) is 3.46. The Hall–Kier alpha value is -4.06. The van der Waals surface area contributed by atoms with Gasteiger partial charge in [0.05, 0.1) is 23.9 Å². The van der Waals surface area contributed by atoms with Crippen molar-refractivity contribution in [2.45, 2.75) is 18.1 Å². The van der Waals surface area contributed by atoms with E-state index in [4.69, 9.17) is 4.74 Å². The number of amides is 1. The highest BCUT2D eigenvalue weighted by molar-refractivity contribution is 6.00. The molecular formula is C24H22F3N7O2. The van der Waals surface area contributed by atoms with Crippen LogP contribution in [0.5, 0.6) is 6.01 Å². The number of halogens is 3. The van der Waals surface area contributed by atoms with Crippen molar-refractivity contribution in [3.05, 3.63) is 65.6 Å². The summed E-state index contributed by atoms with van der Waals surface area (Å²) < 4.78 is 46.0. The Morgan fingerprint density at radius 3 is 2.61 bits per heavy atom. The van der Waals surface area contributed by atoms with Crippen molar-refractivity contribution in [2.75, 3.05) is 27.2 Å². The van der Waals surface area contributed by atoms with Crippen LogP contribution in [0.1, 0.15) is 27.4 Å². The van der Waals surface area contributed by atoms with E-state index in [2.05, 4.69) is 30.5 Å². The van der Waals surface area contributed by atoms with Gasteiger partial charge in [-0.25, -0.2) is 15.0 Å². The number of aromatic nitrogens is 5. The second-order valence-corrected chi connectivity index (χ2v) is 8.64. The van der Waals surface area contributed by atoms with E-state index in [1.165, 1.54) is 25.4 Å². The van der Waals surface area contributed by atoms with Crippen LogP contribution >= 0.6 is 0 Å². The smallest absolute Gasteiger partial charge is 0.416 e. The molecule has 3 aromatic heterocycles. The number of H-pyrrole nitrogens is 1. The van der Waals surface area contributed by atoms with E-state index in [0.29, 0.717) is 35.4 Å². The first-order valence-corrected chi connectivity index (χ1v) is 11.1. The fourth-order valence-corrected chi connectivity index (χ4v) is 4.59. The molecule has 1 aliphatic heterocycles. The summed E-state index contributed by atoms with van der Waals surface area (Å²) in [6, 6.07) is 6.85. The van der Waals surface area contributed by atoms with Crippen molar-refractivity contribution >= 4 is 16.9 Å². The molecular weight excluding hydrogens is 475 g/mol. The van der Waals surface area contributed by atoms with Crippen molar-refractivity contribution < 1.29 is 22.7 Å². The Morgan fingerprint density at radius 2 is 1.89 bits per heavy atom. The van der Waals surface area contributed by atoms with Crippen molar-refractivity contribution in [3.63, 3.8) is 0 Å². The highest BCUT2D eigenvalue weighted by Gasteiger charge is 2.40. The second-order valence-electron chi connectivity index (χ2n) is 8.64. The minimum atomic E-state index is -4.48. The van der Waals surface area contributed by atoms with E-state index >= 15 is 0 Å². The number of ether oxygens (including phenoxy) is 1. The molecule has 12 heteroatoms.